The Bertz CT molecular complexity index is 1200. The fraction of sp³-hybridized carbons (Fsp3) is 0.0556. The highest BCUT2D eigenvalue weighted by atomic mass is 35.5. The maximum atomic E-state index is 12.6. The number of nitrogens with zero attached hydrogens (tertiary/aromatic N) is 3. The molecular formula is C18H11Cl2N3OS. The molecule has 0 atom stereocenters. The van der Waals surface area contributed by atoms with Crippen LogP contribution in [-0.2, 0) is 0 Å². The molecule has 0 radical (unpaired) electrons. The minimum atomic E-state index is -0.211. The summed E-state index contributed by atoms with van der Waals surface area (Å²) in [5.41, 5.74) is 2.56. The van der Waals surface area contributed by atoms with Crippen molar-refractivity contribution in [3.63, 3.8) is 0 Å². The van der Waals surface area contributed by atoms with Crippen molar-refractivity contribution in [2.24, 2.45) is 0 Å². The zero-order valence-corrected chi connectivity index (χ0v) is 15.4. The van der Waals surface area contributed by atoms with E-state index in [9.17, 15) is 4.79 Å². The quantitative estimate of drug-likeness (QED) is 0.522. The topological polar surface area (TPSA) is 47.3 Å². The van der Waals surface area contributed by atoms with Crippen molar-refractivity contribution in [1.82, 2.24) is 14.6 Å². The average molecular weight is 388 g/mol. The van der Waals surface area contributed by atoms with Crippen molar-refractivity contribution in [3.8, 4) is 11.4 Å². The zero-order valence-electron chi connectivity index (χ0n) is 13.0. The molecule has 2 heterocycles. The largest absolute Gasteiger partial charge is 0.291 e. The van der Waals surface area contributed by atoms with Crippen molar-refractivity contribution in [2.75, 3.05) is 0 Å². The Labute approximate surface area is 157 Å². The summed E-state index contributed by atoms with van der Waals surface area (Å²) >= 11 is 13.4. The molecule has 0 spiro atoms. The van der Waals surface area contributed by atoms with E-state index in [2.05, 4.69) is 10.1 Å². The molecule has 2 aromatic carbocycles. The molecule has 2 aromatic heterocycles. The van der Waals surface area contributed by atoms with E-state index < -0.39 is 0 Å². The molecule has 0 bridgehead atoms. The Balaban J connectivity index is 1.81. The second-order valence-electron chi connectivity index (χ2n) is 5.58. The number of halogens is 2. The molecule has 0 fully saturated rings. The fourth-order valence-corrected chi connectivity index (χ4v) is 3.78. The fourth-order valence-electron chi connectivity index (χ4n) is 2.42. The monoisotopic (exact) mass is 387 g/mol. The van der Waals surface area contributed by atoms with Gasteiger partial charge < -0.3 is 0 Å². The Hall–Kier alpha value is -2.21. The van der Waals surface area contributed by atoms with Gasteiger partial charge >= 0.3 is 0 Å². The molecule has 0 aliphatic heterocycles. The van der Waals surface area contributed by atoms with Crippen LogP contribution in [0.25, 0.3) is 22.4 Å². The molecule has 0 unspecified atom stereocenters. The first-order chi connectivity index (χ1) is 12.0. The van der Waals surface area contributed by atoms with Crippen molar-refractivity contribution in [1.29, 1.82) is 0 Å². The number of thiazole rings is 1. The summed E-state index contributed by atoms with van der Waals surface area (Å²) in [4.78, 5) is 17.6. The lowest BCUT2D eigenvalue weighted by molar-refractivity contribution is 0.937. The maximum Gasteiger partial charge on any atom is 0.291 e. The summed E-state index contributed by atoms with van der Waals surface area (Å²) in [6.45, 7) is 2.02. The molecule has 0 amide bonds. The van der Waals surface area contributed by atoms with E-state index in [0.29, 0.717) is 25.4 Å². The molecule has 4 nitrogen and oxygen atoms in total. The van der Waals surface area contributed by atoms with Gasteiger partial charge in [0, 0.05) is 15.6 Å². The van der Waals surface area contributed by atoms with E-state index in [1.165, 1.54) is 15.9 Å². The predicted octanol–water partition coefficient (Wildman–Crippen LogP) is 3.98. The van der Waals surface area contributed by atoms with Gasteiger partial charge in [0.15, 0.2) is 5.82 Å². The van der Waals surface area contributed by atoms with Crippen LogP contribution in [0.15, 0.2) is 47.3 Å². The molecule has 7 heteroatoms. The lowest BCUT2D eigenvalue weighted by Gasteiger charge is -1.97. The van der Waals surface area contributed by atoms with Crippen molar-refractivity contribution >= 4 is 45.6 Å². The van der Waals surface area contributed by atoms with Crippen LogP contribution in [0.1, 0.15) is 11.1 Å². The maximum absolute atomic E-state index is 12.6. The summed E-state index contributed by atoms with van der Waals surface area (Å²) in [7, 11) is 0. The van der Waals surface area contributed by atoms with Crippen LogP contribution in [-0.4, -0.2) is 14.6 Å². The van der Waals surface area contributed by atoms with Gasteiger partial charge in [-0.2, -0.15) is 9.50 Å². The van der Waals surface area contributed by atoms with Crippen LogP contribution in [0.2, 0.25) is 10.0 Å². The Morgan fingerprint density at radius 3 is 2.56 bits per heavy atom. The molecule has 4 rings (SSSR count). The molecule has 25 heavy (non-hydrogen) atoms. The highest BCUT2D eigenvalue weighted by Crippen LogP contribution is 2.22. The second-order valence-corrected chi connectivity index (χ2v) is 7.43. The predicted molar refractivity (Wildman–Crippen MR) is 103 cm³/mol. The highest BCUT2D eigenvalue weighted by Gasteiger charge is 2.12. The van der Waals surface area contributed by atoms with Gasteiger partial charge in [-0.15, -0.1) is 5.10 Å². The summed E-state index contributed by atoms with van der Waals surface area (Å²) in [5.74, 6) is 0.541. The summed E-state index contributed by atoms with van der Waals surface area (Å²) < 4.78 is 1.85. The van der Waals surface area contributed by atoms with Gasteiger partial charge in [0.25, 0.3) is 5.56 Å². The van der Waals surface area contributed by atoms with Gasteiger partial charge in [0.2, 0.25) is 4.96 Å². The van der Waals surface area contributed by atoms with Gasteiger partial charge in [0.05, 0.1) is 4.53 Å². The molecule has 0 saturated heterocycles. The summed E-state index contributed by atoms with van der Waals surface area (Å²) in [6, 6.07) is 13.0. The van der Waals surface area contributed by atoms with Crippen LogP contribution in [0.3, 0.4) is 0 Å². The molecular weight excluding hydrogens is 377 g/mol. The number of rotatable bonds is 2. The van der Waals surface area contributed by atoms with Crippen LogP contribution >= 0.6 is 34.5 Å². The number of hydrogen-bond donors (Lipinski definition) is 0. The van der Waals surface area contributed by atoms with Crippen molar-refractivity contribution in [3.05, 3.63) is 78.5 Å². The number of benzene rings is 2. The van der Waals surface area contributed by atoms with Crippen molar-refractivity contribution < 1.29 is 0 Å². The second kappa shape index (κ2) is 6.26. The first kappa shape index (κ1) is 16.3. The standard InChI is InChI=1S/C18H11Cl2N3OS/c1-10-2-4-11(5-3-10)16-21-18-23(22-16)17(24)15(25-18)8-12-6-7-13(19)9-14(12)20/h2-9H,1H3. The number of hydrogen-bond acceptors (Lipinski definition) is 4. The molecule has 0 N–H and O–H groups in total. The van der Waals surface area contributed by atoms with Gasteiger partial charge in [-0.1, -0.05) is 70.4 Å². The Morgan fingerprint density at radius 1 is 1.12 bits per heavy atom. The molecule has 4 aromatic rings. The van der Waals surface area contributed by atoms with Crippen molar-refractivity contribution in [2.45, 2.75) is 6.92 Å². The highest BCUT2D eigenvalue weighted by molar-refractivity contribution is 7.15. The first-order valence-corrected chi connectivity index (χ1v) is 9.02. The third-order valence-electron chi connectivity index (χ3n) is 3.74. The normalized spacial score (nSPS) is 12.2. The van der Waals surface area contributed by atoms with Crippen LogP contribution < -0.4 is 10.1 Å². The Morgan fingerprint density at radius 2 is 1.88 bits per heavy atom. The SMILES string of the molecule is Cc1ccc(-c2nc3sc(=Cc4ccc(Cl)cc4Cl)c(=O)n3n2)cc1. The van der Waals surface area contributed by atoms with Gasteiger partial charge in [-0.05, 0) is 30.7 Å². The third-order valence-corrected chi connectivity index (χ3v) is 5.26. The number of aromatic nitrogens is 3. The molecule has 0 aliphatic carbocycles. The number of aryl methyl sites for hydroxylation is 1. The minimum Gasteiger partial charge on any atom is -0.266 e. The molecule has 124 valence electrons. The van der Waals surface area contributed by atoms with Gasteiger partial charge in [-0.25, -0.2) is 0 Å². The van der Waals surface area contributed by atoms with E-state index in [0.717, 1.165) is 16.7 Å². The first-order valence-electron chi connectivity index (χ1n) is 7.45. The van der Waals surface area contributed by atoms with E-state index in [1.54, 1.807) is 24.3 Å². The lowest BCUT2D eigenvalue weighted by atomic mass is 10.1. The van der Waals surface area contributed by atoms with Crippen LogP contribution in [0.5, 0.6) is 0 Å². The lowest BCUT2D eigenvalue weighted by Crippen LogP contribution is -2.23. The third kappa shape index (κ3) is 3.06. The zero-order chi connectivity index (χ0) is 17.6. The Kier molecular flexibility index (Phi) is 4.07. The summed E-state index contributed by atoms with van der Waals surface area (Å²) in [6.07, 6.45) is 1.73. The average Bonchev–Trinajstić information content (AvgIpc) is 3.11. The van der Waals surface area contributed by atoms with Crippen LogP contribution in [0, 0.1) is 6.92 Å². The number of fused-ring (bicyclic) bond motifs is 1. The molecule has 0 aliphatic rings. The van der Waals surface area contributed by atoms with E-state index in [1.807, 2.05) is 31.2 Å². The summed E-state index contributed by atoms with van der Waals surface area (Å²) in [5, 5.41) is 5.38. The van der Waals surface area contributed by atoms with Gasteiger partial charge in [-0.3, -0.25) is 4.79 Å². The van der Waals surface area contributed by atoms with Crippen LogP contribution in [0.4, 0.5) is 0 Å². The van der Waals surface area contributed by atoms with E-state index in [-0.39, 0.29) is 5.56 Å². The minimum absolute atomic E-state index is 0.211. The van der Waals surface area contributed by atoms with Gasteiger partial charge in [0.1, 0.15) is 0 Å². The van der Waals surface area contributed by atoms with E-state index >= 15 is 0 Å². The van der Waals surface area contributed by atoms with E-state index in [4.69, 9.17) is 23.2 Å². The smallest absolute Gasteiger partial charge is 0.266 e. The molecule has 0 saturated carbocycles.